The number of hydrogen-bond acceptors (Lipinski definition) is 2. The van der Waals surface area contributed by atoms with Crippen LogP contribution >= 0.6 is 0 Å². The smallest absolute Gasteiger partial charge is 0.290 e. The van der Waals surface area contributed by atoms with Crippen molar-refractivity contribution >= 4 is 11.5 Å². The van der Waals surface area contributed by atoms with Crippen molar-refractivity contribution in [2.24, 2.45) is 0 Å². The molecule has 1 amide bonds. The first-order valence-electron chi connectivity index (χ1n) is 9.15. The summed E-state index contributed by atoms with van der Waals surface area (Å²) in [6, 6.07) is 23.0. The minimum atomic E-state index is -0.422. The highest BCUT2D eigenvalue weighted by molar-refractivity contribution is 6.05. The minimum Gasteiger partial charge on any atom is -0.503 e. The molecule has 28 heavy (non-hydrogen) atoms. The Balaban J connectivity index is 1.81. The molecule has 1 aliphatic heterocycles. The second kappa shape index (κ2) is 7.31. The molecule has 0 spiro atoms. The van der Waals surface area contributed by atoms with Gasteiger partial charge < -0.3 is 10.0 Å². The van der Waals surface area contributed by atoms with E-state index in [9.17, 15) is 14.3 Å². The summed E-state index contributed by atoms with van der Waals surface area (Å²) >= 11 is 0. The maximum atomic E-state index is 13.3. The Labute approximate surface area is 163 Å². The van der Waals surface area contributed by atoms with Crippen molar-refractivity contribution in [2.75, 3.05) is 0 Å². The van der Waals surface area contributed by atoms with Gasteiger partial charge in [-0.3, -0.25) is 4.79 Å². The molecule has 0 fully saturated rings. The molecule has 0 unspecified atom stereocenters. The monoisotopic (exact) mass is 373 g/mol. The first kappa shape index (κ1) is 18.0. The van der Waals surface area contributed by atoms with E-state index < -0.39 is 11.9 Å². The summed E-state index contributed by atoms with van der Waals surface area (Å²) in [4.78, 5) is 14.6. The fourth-order valence-corrected chi connectivity index (χ4v) is 3.70. The van der Waals surface area contributed by atoms with Crippen molar-refractivity contribution in [1.29, 1.82) is 0 Å². The molecule has 3 nitrogen and oxygen atoms in total. The average Bonchev–Trinajstić information content (AvgIpc) is 2.95. The van der Waals surface area contributed by atoms with Gasteiger partial charge in [-0.05, 0) is 35.7 Å². The molecule has 0 bridgehead atoms. The molecule has 140 valence electrons. The van der Waals surface area contributed by atoms with Gasteiger partial charge in [0.2, 0.25) is 0 Å². The minimum absolute atomic E-state index is 0.236. The summed E-state index contributed by atoms with van der Waals surface area (Å²) in [6.07, 6.45) is 0. The summed E-state index contributed by atoms with van der Waals surface area (Å²) < 4.78 is 13.3. The molecule has 3 aromatic rings. The van der Waals surface area contributed by atoms with Crippen LogP contribution in [-0.2, 0) is 11.3 Å². The summed E-state index contributed by atoms with van der Waals surface area (Å²) in [6.45, 7) is 2.27. The molecule has 1 N–H and O–H groups in total. The molecule has 4 rings (SSSR count). The lowest BCUT2D eigenvalue weighted by Crippen LogP contribution is -2.29. The molecule has 0 aromatic heterocycles. The number of amides is 1. The Hall–Kier alpha value is -3.40. The highest BCUT2D eigenvalue weighted by atomic mass is 19.1. The predicted molar refractivity (Wildman–Crippen MR) is 107 cm³/mol. The Kier molecular flexibility index (Phi) is 4.70. The van der Waals surface area contributed by atoms with Crippen LogP contribution in [0.4, 0.5) is 4.39 Å². The first-order valence-corrected chi connectivity index (χ1v) is 9.15. The summed E-state index contributed by atoms with van der Waals surface area (Å²) in [5.41, 5.74) is 4.21. The van der Waals surface area contributed by atoms with E-state index in [0.29, 0.717) is 5.57 Å². The zero-order valence-electron chi connectivity index (χ0n) is 15.5. The predicted octanol–water partition coefficient (Wildman–Crippen LogP) is 5.19. The Morgan fingerprint density at radius 1 is 0.964 bits per heavy atom. The zero-order chi connectivity index (χ0) is 19.7. The van der Waals surface area contributed by atoms with Crippen molar-refractivity contribution in [3.8, 4) is 0 Å². The van der Waals surface area contributed by atoms with Gasteiger partial charge in [0.15, 0.2) is 5.76 Å². The lowest BCUT2D eigenvalue weighted by Gasteiger charge is -2.28. The van der Waals surface area contributed by atoms with Crippen molar-refractivity contribution < 1.29 is 14.3 Å². The number of rotatable bonds is 4. The second-order valence-corrected chi connectivity index (χ2v) is 7.00. The van der Waals surface area contributed by atoms with Crippen molar-refractivity contribution in [3.63, 3.8) is 0 Å². The van der Waals surface area contributed by atoms with Gasteiger partial charge in [0.25, 0.3) is 5.91 Å². The van der Waals surface area contributed by atoms with Crippen LogP contribution in [0.2, 0.25) is 0 Å². The number of benzene rings is 3. The van der Waals surface area contributed by atoms with Crippen LogP contribution in [0, 0.1) is 12.7 Å². The molecule has 1 atom stereocenters. The molecule has 0 aliphatic carbocycles. The quantitative estimate of drug-likeness (QED) is 0.684. The molecule has 3 aromatic carbocycles. The molecule has 0 saturated carbocycles. The Morgan fingerprint density at radius 2 is 1.68 bits per heavy atom. The van der Waals surface area contributed by atoms with E-state index in [0.717, 1.165) is 22.3 Å². The molecule has 0 saturated heterocycles. The molecule has 1 heterocycles. The SMILES string of the molecule is Cc1cccc([C@H]2C(c3ccccc3)=C(O)C(=O)N2Cc2ccc(F)cc2)c1. The number of nitrogens with zero attached hydrogens (tertiary/aromatic N) is 1. The van der Waals surface area contributed by atoms with Crippen LogP contribution < -0.4 is 0 Å². The van der Waals surface area contributed by atoms with Crippen LogP contribution in [0.25, 0.3) is 5.57 Å². The number of hydrogen-bond donors (Lipinski definition) is 1. The summed E-state index contributed by atoms with van der Waals surface area (Å²) in [5.74, 6) is -0.979. The summed E-state index contributed by atoms with van der Waals surface area (Å²) in [5, 5.41) is 10.7. The zero-order valence-corrected chi connectivity index (χ0v) is 15.5. The average molecular weight is 373 g/mol. The second-order valence-electron chi connectivity index (χ2n) is 7.00. The number of aliphatic hydroxyl groups is 1. The van der Waals surface area contributed by atoms with Gasteiger partial charge >= 0.3 is 0 Å². The standard InChI is InChI=1S/C24H20FNO2/c1-16-6-5-9-19(14-16)22-21(18-7-3-2-4-8-18)23(27)24(28)26(22)15-17-10-12-20(25)13-11-17/h2-14,22,27H,15H2,1H3/t22-/m0/s1. The third-order valence-corrected chi connectivity index (χ3v) is 5.01. The number of carbonyl (C=O) groups is 1. The van der Waals surface area contributed by atoms with Crippen LogP contribution in [-0.4, -0.2) is 15.9 Å². The number of aryl methyl sites for hydroxylation is 1. The number of halogens is 1. The van der Waals surface area contributed by atoms with Gasteiger partial charge in [0.1, 0.15) is 5.82 Å². The fraction of sp³-hybridized carbons (Fsp3) is 0.125. The van der Waals surface area contributed by atoms with E-state index in [1.54, 1.807) is 17.0 Å². The van der Waals surface area contributed by atoms with Gasteiger partial charge in [-0.1, -0.05) is 72.3 Å². The highest BCUT2D eigenvalue weighted by Crippen LogP contribution is 2.43. The lowest BCUT2D eigenvalue weighted by molar-refractivity contribution is -0.130. The van der Waals surface area contributed by atoms with E-state index in [4.69, 9.17) is 0 Å². The van der Waals surface area contributed by atoms with E-state index >= 15 is 0 Å². The fourth-order valence-electron chi connectivity index (χ4n) is 3.70. The van der Waals surface area contributed by atoms with E-state index in [2.05, 4.69) is 0 Å². The van der Waals surface area contributed by atoms with Crippen LogP contribution in [0.5, 0.6) is 0 Å². The highest BCUT2D eigenvalue weighted by Gasteiger charge is 2.40. The van der Waals surface area contributed by atoms with E-state index in [-0.39, 0.29) is 18.1 Å². The lowest BCUT2D eigenvalue weighted by atomic mass is 9.92. The van der Waals surface area contributed by atoms with Crippen molar-refractivity contribution in [2.45, 2.75) is 19.5 Å². The first-order chi connectivity index (χ1) is 13.5. The molecule has 1 aliphatic rings. The molecular weight excluding hydrogens is 353 g/mol. The third-order valence-electron chi connectivity index (χ3n) is 5.01. The van der Waals surface area contributed by atoms with Gasteiger partial charge in [0.05, 0.1) is 6.04 Å². The normalized spacial score (nSPS) is 16.7. The van der Waals surface area contributed by atoms with E-state index in [1.165, 1.54) is 12.1 Å². The molecule has 0 radical (unpaired) electrons. The van der Waals surface area contributed by atoms with Gasteiger partial charge in [-0.2, -0.15) is 0 Å². The maximum Gasteiger partial charge on any atom is 0.290 e. The number of carbonyl (C=O) groups excluding carboxylic acids is 1. The van der Waals surface area contributed by atoms with E-state index in [1.807, 2.05) is 61.5 Å². The summed E-state index contributed by atoms with van der Waals surface area (Å²) in [7, 11) is 0. The van der Waals surface area contributed by atoms with Crippen molar-refractivity contribution in [3.05, 3.63) is 113 Å². The maximum absolute atomic E-state index is 13.3. The van der Waals surface area contributed by atoms with Crippen LogP contribution in [0.3, 0.4) is 0 Å². The van der Waals surface area contributed by atoms with Crippen LogP contribution in [0.15, 0.2) is 84.6 Å². The Bertz CT molecular complexity index is 1040. The molecular formula is C24H20FNO2. The Morgan fingerprint density at radius 3 is 2.36 bits per heavy atom. The van der Waals surface area contributed by atoms with Crippen LogP contribution in [0.1, 0.15) is 28.3 Å². The third kappa shape index (κ3) is 3.29. The van der Waals surface area contributed by atoms with Gasteiger partial charge in [-0.25, -0.2) is 4.39 Å². The van der Waals surface area contributed by atoms with Gasteiger partial charge in [-0.15, -0.1) is 0 Å². The molecule has 4 heteroatoms. The topological polar surface area (TPSA) is 40.5 Å². The largest absolute Gasteiger partial charge is 0.503 e. The van der Waals surface area contributed by atoms with Gasteiger partial charge in [0, 0.05) is 12.1 Å². The number of aliphatic hydroxyl groups excluding tert-OH is 1. The van der Waals surface area contributed by atoms with Crippen molar-refractivity contribution in [1.82, 2.24) is 4.90 Å².